The minimum atomic E-state index is -0.275. The molecule has 0 amide bonds. The van der Waals surface area contributed by atoms with E-state index < -0.39 is 0 Å². The molecule has 92 valence electrons. The van der Waals surface area contributed by atoms with Crippen molar-refractivity contribution in [3.63, 3.8) is 0 Å². The number of hydrogen-bond acceptors (Lipinski definition) is 4. The van der Waals surface area contributed by atoms with E-state index in [2.05, 4.69) is 6.58 Å². The summed E-state index contributed by atoms with van der Waals surface area (Å²) in [5.41, 5.74) is 0. The Hall–Kier alpha value is -0.420. The zero-order valence-corrected chi connectivity index (χ0v) is 9.76. The molecule has 2 aliphatic heterocycles. The minimum absolute atomic E-state index is 0.0534. The number of methoxy groups -OCH3 is 1. The molecule has 4 atom stereocenters. The van der Waals surface area contributed by atoms with Crippen LogP contribution in [0.25, 0.3) is 0 Å². The molecule has 16 heavy (non-hydrogen) atoms. The molecule has 0 bridgehead atoms. The molecule has 2 saturated heterocycles. The van der Waals surface area contributed by atoms with Gasteiger partial charge >= 0.3 is 0 Å². The quantitative estimate of drug-likeness (QED) is 0.683. The Balaban J connectivity index is 1.93. The Kier molecular flexibility index (Phi) is 4.35. The van der Waals surface area contributed by atoms with E-state index in [1.165, 1.54) is 0 Å². The average molecular weight is 228 g/mol. The fourth-order valence-corrected chi connectivity index (χ4v) is 2.33. The lowest BCUT2D eigenvalue weighted by Gasteiger charge is -2.42. The lowest BCUT2D eigenvalue weighted by molar-refractivity contribution is -0.279. The molecule has 0 aromatic carbocycles. The summed E-state index contributed by atoms with van der Waals surface area (Å²) in [4.78, 5) is 0. The van der Waals surface area contributed by atoms with E-state index in [0.29, 0.717) is 6.61 Å². The van der Waals surface area contributed by atoms with Crippen LogP contribution in [0.2, 0.25) is 0 Å². The summed E-state index contributed by atoms with van der Waals surface area (Å²) < 4.78 is 22.5. The second-order valence-electron chi connectivity index (χ2n) is 4.23. The zero-order valence-electron chi connectivity index (χ0n) is 9.76. The van der Waals surface area contributed by atoms with E-state index in [4.69, 9.17) is 18.9 Å². The van der Waals surface area contributed by atoms with Gasteiger partial charge in [-0.05, 0) is 12.8 Å². The largest absolute Gasteiger partial charge is 0.375 e. The van der Waals surface area contributed by atoms with Crippen LogP contribution in [-0.4, -0.2) is 44.9 Å². The monoisotopic (exact) mass is 228 g/mol. The Labute approximate surface area is 96.5 Å². The molecule has 2 fully saturated rings. The molecule has 0 spiro atoms. The summed E-state index contributed by atoms with van der Waals surface area (Å²) in [7, 11) is 1.65. The van der Waals surface area contributed by atoms with Crippen molar-refractivity contribution in [3.05, 3.63) is 12.7 Å². The van der Waals surface area contributed by atoms with E-state index in [-0.39, 0.29) is 24.6 Å². The molecule has 2 heterocycles. The topological polar surface area (TPSA) is 36.9 Å². The maximum Gasteiger partial charge on any atom is 0.183 e. The number of ether oxygens (including phenoxy) is 4. The molecule has 0 radical (unpaired) electrons. The number of fused-ring (bicyclic) bond motifs is 1. The van der Waals surface area contributed by atoms with Crippen LogP contribution in [0.1, 0.15) is 19.3 Å². The Morgan fingerprint density at radius 3 is 3.06 bits per heavy atom. The van der Waals surface area contributed by atoms with Crippen molar-refractivity contribution in [2.24, 2.45) is 0 Å². The molecule has 4 heteroatoms. The molecule has 0 aromatic rings. The van der Waals surface area contributed by atoms with Crippen LogP contribution >= 0.6 is 0 Å². The van der Waals surface area contributed by atoms with Gasteiger partial charge in [-0.25, -0.2) is 0 Å². The van der Waals surface area contributed by atoms with Crippen LogP contribution in [0.15, 0.2) is 12.7 Å². The van der Waals surface area contributed by atoms with E-state index >= 15 is 0 Å². The highest BCUT2D eigenvalue weighted by molar-refractivity contribution is 4.86. The fourth-order valence-electron chi connectivity index (χ4n) is 2.33. The molecular formula is C12H20O4. The third-order valence-electron chi connectivity index (χ3n) is 3.12. The van der Waals surface area contributed by atoms with E-state index in [1.807, 2.05) is 0 Å². The van der Waals surface area contributed by atoms with Gasteiger partial charge in [-0.1, -0.05) is 6.08 Å². The van der Waals surface area contributed by atoms with Gasteiger partial charge in [0.25, 0.3) is 0 Å². The predicted molar refractivity (Wildman–Crippen MR) is 59.2 cm³/mol. The SMILES string of the molecule is C=CCO[C@@H]1C[C@H]2OCCC[C@H]2OC1OC. The second-order valence-corrected chi connectivity index (χ2v) is 4.23. The van der Waals surface area contributed by atoms with Gasteiger partial charge in [-0.2, -0.15) is 0 Å². The third-order valence-corrected chi connectivity index (χ3v) is 3.12. The predicted octanol–water partition coefficient (Wildman–Crippen LogP) is 1.50. The van der Waals surface area contributed by atoms with Gasteiger partial charge in [-0.3, -0.25) is 0 Å². The van der Waals surface area contributed by atoms with Gasteiger partial charge in [0.2, 0.25) is 0 Å². The molecule has 0 aromatic heterocycles. The second kappa shape index (κ2) is 5.77. The van der Waals surface area contributed by atoms with E-state index in [9.17, 15) is 0 Å². The standard InChI is InChI=1S/C12H20O4/c1-3-6-14-11-8-10-9(5-4-7-15-10)16-12(11)13-2/h3,9-12H,1,4-8H2,2H3/t9-,10-,11-,12?/m1/s1. The van der Waals surface area contributed by atoms with Crippen LogP contribution < -0.4 is 0 Å². The third kappa shape index (κ3) is 2.63. The van der Waals surface area contributed by atoms with E-state index in [1.54, 1.807) is 13.2 Å². The maximum atomic E-state index is 5.84. The van der Waals surface area contributed by atoms with Crippen molar-refractivity contribution in [2.75, 3.05) is 20.3 Å². The summed E-state index contributed by atoms with van der Waals surface area (Å²) in [5.74, 6) is 0. The summed E-state index contributed by atoms with van der Waals surface area (Å²) in [6, 6.07) is 0. The summed E-state index contributed by atoms with van der Waals surface area (Å²) in [6.45, 7) is 4.99. The smallest absolute Gasteiger partial charge is 0.183 e. The Morgan fingerprint density at radius 2 is 2.31 bits per heavy atom. The van der Waals surface area contributed by atoms with Crippen molar-refractivity contribution < 1.29 is 18.9 Å². The van der Waals surface area contributed by atoms with Crippen LogP contribution in [0.4, 0.5) is 0 Å². The van der Waals surface area contributed by atoms with Crippen LogP contribution in [0.3, 0.4) is 0 Å². The highest BCUT2D eigenvalue weighted by atomic mass is 16.7. The normalized spacial score (nSPS) is 39.1. The summed E-state index contributed by atoms with van der Waals surface area (Å²) in [6.07, 6.45) is 4.70. The molecule has 0 aliphatic carbocycles. The highest BCUT2D eigenvalue weighted by Crippen LogP contribution is 2.30. The Bertz CT molecular complexity index is 231. The molecule has 2 rings (SSSR count). The molecule has 0 saturated carbocycles. The van der Waals surface area contributed by atoms with Gasteiger partial charge in [0.15, 0.2) is 6.29 Å². The zero-order chi connectivity index (χ0) is 11.4. The molecule has 4 nitrogen and oxygen atoms in total. The first-order valence-electron chi connectivity index (χ1n) is 5.87. The van der Waals surface area contributed by atoms with Crippen LogP contribution in [0, 0.1) is 0 Å². The van der Waals surface area contributed by atoms with Gasteiger partial charge in [0.05, 0.1) is 18.8 Å². The van der Waals surface area contributed by atoms with Crippen molar-refractivity contribution in [1.29, 1.82) is 0 Å². The number of hydrogen-bond donors (Lipinski definition) is 0. The maximum absolute atomic E-state index is 5.84. The van der Waals surface area contributed by atoms with Gasteiger partial charge < -0.3 is 18.9 Å². The van der Waals surface area contributed by atoms with Gasteiger partial charge in [0, 0.05) is 20.1 Å². The van der Waals surface area contributed by atoms with E-state index in [0.717, 1.165) is 25.9 Å². The Morgan fingerprint density at radius 1 is 1.44 bits per heavy atom. The molecule has 0 N–H and O–H groups in total. The summed E-state index contributed by atoms with van der Waals surface area (Å²) in [5, 5.41) is 0. The van der Waals surface area contributed by atoms with Crippen LogP contribution in [0.5, 0.6) is 0 Å². The van der Waals surface area contributed by atoms with Crippen molar-refractivity contribution in [3.8, 4) is 0 Å². The van der Waals surface area contributed by atoms with Crippen LogP contribution in [-0.2, 0) is 18.9 Å². The lowest BCUT2D eigenvalue weighted by atomic mass is 9.96. The summed E-state index contributed by atoms with van der Waals surface area (Å²) >= 11 is 0. The highest BCUT2D eigenvalue weighted by Gasteiger charge is 2.40. The van der Waals surface area contributed by atoms with Crippen molar-refractivity contribution in [1.82, 2.24) is 0 Å². The molecular weight excluding hydrogens is 208 g/mol. The first-order chi connectivity index (χ1) is 7.85. The average Bonchev–Trinajstić information content (AvgIpc) is 2.35. The molecule has 1 unspecified atom stereocenters. The van der Waals surface area contributed by atoms with Gasteiger partial charge in [-0.15, -0.1) is 6.58 Å². The fraction of sp³-hybridized carbons (Fsp3) is 0.833. The number of rotatable bonds is 4. The first-order valence-corrected chi connectivity index (χ1v) is 5.87. The van der Waals surface area contributed by atoms with Crippen molar-refractivity contribution >= 4 is 0 Å². The van der Waals surface area contributed by atoms with Gasteiger partial charge in [0.1, 0.15) is 6.10 Å². The molecule has 2 aliphatic rings. The lowest BCUT2D eigenvalue weighted by Crippen LogP contribution is -2.51. The van der Waals surface area contributed by atoms with Crippen molar-refractivity contribution in [2.45, 2.75) is 43.9 Å². The minimum Gasteiger partial charge on any atom is -0.375 e. The first kappa shape index (κ1) is 12.0.